The molecular weight excluding hydrogens is 333 g/mol. The van der Waals surface area contributed by atoms with Crippen molar-refractivity contribution in [1.29, 1.82) is 0 Å². The Hall–Kier alpha value is 1.62. The fourth-order valence-corrected chi connectivity index (χ4v) is 2.27. The van der Waals surface area contributed by atoms with Gasteiger partial charge in [0.1, 0.15) is 11.1 Å². The second-order valence-electron chi connectivity index (χ2n) is 2.70. The molecule has 0 aliphatic carbocycles. The van der Waals surface area contributed by atoms with E-state index in [0.29, 0.717) is 0 Å². The molecule has 0 aliphatic rings. The topological polar surface area (TPSA) is 49.7 Å². The fraction of sp³-hybridized carbons (Fsp3) is 1.00. The van der Waals surface area contributed by atoms with E-state index in [1.807, 2.05) is 0 Å². The monoisotopic (exact) mass is 338 g/mol. The normalized spacial score (nSPS) is 17.6. The van der Waals surface area contributed by atoms with Crippen LogP contribution in [0.25, 0.3) is 0 Å². The summed E-state index contributed by atoms with van der Waals surface area (Å²) in [4.78, 5) is 0. The molecular formula is C6H8Cl6O3. The van der Waals surface area contributed by atoms with Gasteiger partial charge in [-0.3, -0.25) is 0 Å². The quantitative estimate of drug-likeness (QED) is 0.730. The molecule has 0 saturated carbocycles. The van der Waals surface area contributed by atoms with Gasteiger partial charge in [-0.2, -0.15) is 0 Å². The molecule has 15 heavy (non-hydrogen) atoms. The Morgan fingerprint density at radius 3 is 1.33 bits per heavy atom. The highest BCUT2D eigenvalue weighted by Crippen LogP contribution is 2.30. The first-order chi connectivity index (χ1) is 6.49. The van der Waals surface area contributed by atoms with Gasteiger partial charge in [-0.15, -0.1) is 0 Å². The Morgan fingerprint density at radius 2 is 1.13 bits per heavy atom. The van der Waals surface area contributed by atoms with Crippen molar-refractivity contribution in [3.05, 3.63) is 0 Å². The van der Waals surface area contributed by atoms with E-state index in [1.54, 1.807) is 0 Å². The summed E-state index contributed by atoms with van der Waals surface area (Å²) >= 11 is 32.2. The summed E-state index contributed by atoms with van der Waals surface area (Å²) in [5.41, 5.74) is -2.08. The van der Waals surface area contributed by atoms with Gasteiger partial charge < -0.3 is 14.9 Å². The van der Waals surface area contributed by atoms with Crippen LogP contribution in [0.4, 0.5) is 0 Å². The Kier molecular flexibility index (Phi) is 7.23. The van der Waals surface area contributed by atoms with E-state index in [9.17, 15) is 0 Å². The second-order valence-corrected chi connectivity index (χ2v) is 6.56. The van der Waals surface area contributed by atoms with E-state index in [1.165, 1.54) is 0 Å². The zero-order valence-corrected chi connectivity index (χ0v) is 11.7. The van der Waals surface area contributed by atoms with Crippen LogP contribution in [-0.2, 0) is 4.74 Å². The first-order valence-electron chi connectivity index (χ1n) is 3.63. The summed E-state index contributed by atoms with van der Waals surface area (Å²) in [7, 11) is 0. The first-order valence-corrected chi connectivity index (χ1v) is 6.02. The van der Waals surface area contributed by atoms with Crippen molar-refractivity contribution >= 4 is 69.6 Å². The molecule has 0 aliphatic heterocycles. The van der Waals surface area contributed by atoms with Crippen LogP contribution in [0.2, 0.25) is 0 Å². The van der Waals surface area contributed by atoms with Crippen molar-refractivity contribution in [2.45, 2.75) is 33.0 Å². The van der Waals surface area contributed by atoms with E-state index in [0.717, 1.165) is 0 Å². The number of aliphatic hydroxyl groups is 2. The third-order valence-electron chi connectivity index (χ3n) is 1.11. The van der Waals surface area contributed by atoms with Gasteiger partial charge in [-0.1, -0.05) is 69.6 Å². The van der Waals surface area contributed by atoms with Crippen molar-refractivity contribution in [3.63, 3.8) is 0 Å². The summed E-state index contributed by atoms with van der Waals surface area (Å²) in [6.07, 6.45) is -0.548. The Morgan fingerprint density at radius 1 is 0.867 bits per heavy atom. The molecule has 0 aromatic carbocycles. The number of halogens is 6. The van der Waals surface area contributed by atoms with Gasteiger partial charge in [0, 0.05) is 12.8 Å². The molecule has 0 aromatic rings. The minimum absolute atomic E-state index is 0.274. The van der Waals surface area contributed by atoms with Crippen LogP contribution in [0.3, 0.4) is 0 Å². The predicted molar refractivity (Wildman–Crippen MR) is 62.9 cm³/mol. The summed E-state index contributed by atoms with van der Waals surface area (Å²) < 4.78 is 0.850. The highest BCUT2D eigenvalue weighted by molar-refractivity contribution is 6.47. The van der Waals surface area contributed by atoms with Crippen molar-refractivity contribution in [2.75, 3.05) is 0 Å². The van der Waals surface area contributed by atoms with E-state index >= 15 is 0 Å². The lowest BCUT2D eigenvalue weighted by Crippen LogP contribution is -2.26. The van der Waals surface area contributed by atoms with Crippen molar-refractivity contribution in [3.8, 4) is 0 Å². The maximum absolute atomic E-state index is 8.96. The molecule has 92 valence electrons. The molecule has 2 N–H and O–H groups in total. The molecule has 0 heterocycles. The number of hydrogen-bond donors (Lipinski definition) is 2. The van der Waals surface area contributed by atoms with Gasteiger partial charge >= 0.3 is 0 Å². The van der Waals surface area contributed by atoms with Crippen LogP contribution in [0.5, 0.6) is 0 Å². The third-order valence-corrected chi connectivity index (χ3v) is 2.24. The number of alkyl halides is 6. The molecule has 9 heteroatoms. The average molecular weight is 341 g/mol. The fourth-order valence-electron chi connectivity index (χ4n) is 0.643. The van der Waals surface area contributed by atoms with Gasteiger partial charge in [-0.05, 0) is 0 Å². The van der Waals surface area contributed by atoms with E-state index in [4.69, 9.17) is 84.6 Å². The number of ether oxygens (including phenoxy) is 1. The lowest BCUT2D eigenvalue weighted by atomic mass is 10.4. The van der Waals surface area contributed by atoms with Gasteiger partial charge in [0.15, 0.2) is 0 Å². The zero-order chi connectivity index (χ0) is 12.3. The lowest BCUT2D eigenvalue weighted by molar-refractivity contribution is 0.0297. The highest BCUT2D eigenvalue weighted by Gasteiger charge is 2.29. The minimum Gasteiger partial charge on any atom is -0.362 e. The zero-order valence-electron chi connectivity index (χ0n) is 7.14. The summed E-state index contributed by atoms with van der Waals surface area (Å²) in [5, 5.41) is 17.9. The highest BCUT2D eigenvalue weighted by atomic mass is 35.5. The SMILES string of the molecule is OC(Cl)(Cl)CC(Cl)OC(Cl)CC(O)(Cl)Cl. The lowest BCUT2D eigenvalue weighted by Gasteiger charge is -2.21. The molecule has 0 spiro atoms. The molecule has 0 bridgehead atoms. The largest absolute Gasteiger partial charge is 0.362 e. The second kappa shape index (κ2) is 6.53. The number of rotatable bonds is 6. The smallest absolute Gasteiger partial charge is 0.218 e. The van der Waals surface area contributed by atoms with Crippen LogP contribution in [0.15, 0.2) is 0 Å². The van der Waals surface area contributed by atoms with Crippen molar-refractivity contribution < 1.29 is 14.9 Å². The molecule has 0 radical (unpaired) electrons. The van der Waals surface area contributed by atoms with Crippen molar-refractivity contribution in [1.82, 2.24) is 0 Å². The van der Waals surface area contributed by atoms with Crippen LogP contribution in [0, 0.1) is 0 Å². The standard InChI is InChI=1S/C6H8Cl6O3/c7-3(1-5(9,10)13)15-4(8)2-6(11,12)14/h3-4,13-14H,1-2H2. The van der Waals surface area contributed by atoms with E-state index in [-0.39, 0.29) is 12.8 Å². The number of hydrogen-bond acceptors (Lipinski definition) is 3. The summed E-state index contributed by atoms with van der Waals surface area (Å²) in [6.45, 7) is 0. The van der Waals surface area contributed by atoms with Crippen molar-refractivity contribution in [2.24, 2.45) is 0 Å². The first kappa shape index (κ1) is 16.6. The molecule has 0 rings (SSSR count). The molecule has 0 amide bonds. The maximum Gasteiger partial charge on any atom is 0.218 e. The van der Waals surface area contributed by atoms with Gasteiger partial charge in [0.2, 0.25) is 9.04 Å². The van der Waals surface area contributed by atoms with E-state index in [2.05, 4.69) is 0 Å². The molecule has 3 nitrogen and oxygen atoms in total. The minimum atomic E-state index is -2.01. The van der Waals surface area contributed by atoms with E-state index < -0.39 is 20.2 Å². The Balaban J connectivity index is 3.92. The maximum atomic E-state index is 8.96. The predicted octanol–water partition coefficient (Wildman–Crippen LogP) is 3.16. The molecule has 0 fully saturated rings. The van der Waals surface area contributed by atoms with Crippen LogP contribution >= 0.6 is 69.6 Å². The van der Waals surface area contributed by atoms with Crippen LogP contribution < -0.4 is 0 Å². The molecule has 2 atom stereocenters. The van der Waals surface area contributed by atoms with Gasteiger partial charge in [0.05, 0.1) is 0 Å². The van der Waals surface area contributed by atoms with Gasteiger partial charge in [-0.25, -0.2) is 0 Å². The third kappa shape index (κ3) is 11.9. The summed E-state index contributed by atoms with van der Waals surface area (Å²) in [5.74, 6) is 0. The van der Waals surface area contributed by atoms with Crippen LogP contribution in [0.1, 0.15) is 12.8 Å². The molecule has 2 unspecified atom stereocenters. The average Bonchev–Trinajstić information content (AvgIpc) is 1.73. The Labute approximate surface area is 117 Å². The van der Waals surface area contributed by atoms with Gasteiger partial charge in [0.25, 0.3) is 0 Å². The molecule has 0 saturated heterocycles. The molecule has 0 aromatic heterocycles. The summed E-state index contributed by atoms with van der Waals surface area (Å²) in [6, 6.07) is 0. The van der Waals surface area contributed by atoms with Crippen LogP contribution in [-0.4, -0.2) is 30.4 Å². The Bertz CT molecular complexity index is 168.